The molecule has 0 atom stereocenters. The first-order valence-electron chi connectivity index (χ1n) is 8.26. The molecule has 1 aromatic heterocycles. The van der Waals surface area contributed by atoms with Crippen LogP contribution in [0.2, 0.25) is 0 Å². The van der Waals surface area contributed by atoms with E-state index in [1.807, 2.05) is 24.3 Å². The van der Waals surface area contributed by atoms with Gasteiger partial charge in [0.25, 0.3) is 5.56 Å². The van der Waals surface area contributed by atoms with Gasteiger partial charge < -0.3 is 29.6 Å². The molecule has 3 N–H and O–H groups in total. The first-order valence-corrected chi connectivity index (χ1v) is 8.26. The average molecular weight is 371 g/mol. The number of anilines is 1. The van der Waals surface area contributed by atoms with Crippen molar-refractivity contribution < 1.29 is 19.7 Å². The molecule has 8 nitrogen and oxygen atoms in total. The minimum atomic E-state index is -0.576. The number of nitrogens with one attached hydrogen (secondary N) is 1. The van der Waals surface area contributed by atoms with Gasteiger partial charge in [-0.15, -0.1) is 0 Å². The van der Waals surface area contributed by atoms with Crippen LogP contribution in [0.25, 0.3) is 10.9 Å². The van der Waals surface area contributed by atoms with Crippen molar-refractivity contribution in [1.29, 1.82) is 0 Å². The summed E-state index contributed by atoms with van der Waals surface area (Å²) < 4.78 is 10.3. The molecular formula is C19H21N3O5. The highest BCUT2D eigenvalue weighted by Crippen LogP contribution is 2.40. The molecule has 0 aliphatic heterocycles. The van der Waals surface area contributed by atoms with Crippen LogP contribution in [0.3, 0.4) is 0 Å². The number of aromatic nitrogens is 2. The summed E-state index contributed by atoms with van der Waals surface area (Å²) in [4.78, 5) is 21.4. The maximum atomic E-state index is 12.5. The van der Waals surface area contributed by atoms with Crippen molar-refractivity contribution in [3.8, 4) is 17.2 Å². The van der Waals surface area contributed by atoms with E-state index in [0.717, 1.165) is 11.1 Å². The second-order valence-electron chi connectivity index (χ2n) is 6.08. The lowest BCUT2D eigenvalue weighted by atomic mass is 10.1. The van der Waals surface area contributed by atoms with Crippen LogP contribution in [-0.4, -0.2) is 41.4 Å². The van der Waals surface area contributed by atoms with Gasteiger partial charge in [-0.05, 0) is 11.1 Å². The van der Waals surface area contributed by atoms with E-state index in [9.17, 15) is 15.0 Å². The number of rotatable bonds is 6. The highest BCUT2D eigenvalue weighted by molar-refractivity contribution is 5.89. The molecule has 8 heteroatoms. The van der Waals surface area contributed by atoms with Crippen molar-refractivity contribution in [3.63, 3.8) is 0 Å². The smallest absolute Gasteiger partial charge is 0.286 e. The Morgan fingerprint density at radius 2 is 1.93 bits per heavy atom. The van der Waals surface area contributed by atoms with Gasteiger partial charge in [0.1, 0.15) is 5.39 Å². The summed E-state index contributed by atoms with van der Waals surface area (Å²) in [5.41, 5.74) is 1.58. The lowest BCUT2D eigenvalue weighted by Crippen LogP contribution is -2.23. The Morgan fingerprint density at radius 1 is 1.19 bits per heavy atom. The fraction of sp³-hybridized carbons (Fsp3) is 0.263. The zero-order chi connectivity index (χ0) is 19.6. The van der Waals surface area contributed by atoms with E-state index in [4.69, 9.17) is 9.47 Å². The molecule has 0 fully saturated rings. The average Bonchev–Trinajstić information content (AvgIpc) is 2.67. The van der Waals surface area contributed by atoms with Crippen LogP contribution in [0.4, 0.5) is 5.95 Å². The van der Waals surface area contributed by atoms with E-state index in [1.54, 1.807) is 18.0 Å². The van der Waals surface area contributed by atoms with Crippen molar-refractivity contribution >= 4 is 16.9 Å². The SMILES string of the molecule is COc1cc2[nH]c(N(C)Cc3cccc(CO)c3)nc(=O)c2c(O)c1OC. The molecule has 0 amide bonds. The molecule has 0 aliphatic rings. The van der Waals surface area contributed by atoms with E-state index < -0.39 is 5.56 Å². The molecule has 3 rings (SSSR count). The minimum absolute atomic E-state index is 0.0343. The Labute approximate surface area is 155 Å². The predicted octanol–water partition coefficient (Wildman–Crippen LogP) is 1.77. The van der Waals surface area contributed by atoms with Gasteiger partial charge in [-0.25, -0.2) is 0 Å². The number of aliphatic hydroxyl groups is 1. The third-order valence-electron chi connectivity index (χ3n) is 4.27. The van der Waals surface area contributed by atoms with E-state index >= 15 is 0 Å². The number of aliphatic hydroxyl groups excluding tert-OH is 1. The highest BCUT2D eigenvalue weighted by Gasteiger charge is 2.19. The molecule has 0 spiro atoms. The van der Waals surface area contributed by atoms with Crippen molar-refractivity contribution in [2.24, 2.45) is 0 Å². The number of hydrogen-bond donors (Lipinski definition) is 3. The fourth-order valence-electron chi connectivity index (χ4n) is 2.95. The second kappa shape index (κ2) is 7.55. The standard InChI is InChI=1S/C19H21N3O5/c1-22(9-11-5-4-6-12(7-11)10-23)19-20-13-8-14(26-2)17(27-3)16(24)15(13)18(25)21-19/h4-8,23-24H,9-10H2,1-3H3,(H,20,21,25). The van der Waals surface area contributed by atoms with Crippen LogP contribution < -0.4 is 19.9 Å². The molecule has 3 aromatic rings. The molecule has 27 heavy (non-hydrogen) atoms. The van der Waals surface area contributed by atoms with Crippen LogP contribution in [0.5, 0.6) is 17.2 Å². The van der Waals surface area contributed by atoms with Gasteiger partial charge in [0.05, 0.1) is 26.3 Å². The first kappa shape index (κ1) is 18.5. The Balaban J connectivity index is 2.03. The van der Waals surface area contributed by atoms with Gasteiger partial charge >= 0.3 is 0 Å². The maximum absolute atomic E-state index is 12.5. The fourth-order valence-corrected chi connectivity index (χ4v) is 2.95. The summed E-state index contributed by atoms with van der Waals surface area (Å²) in [7, 11) is 4.62. The number of aromatic hydroxyl groups is 1. The Morgan fingerprint density at radius 3 is 2.59 bits per heavy atom. The summed E-state index contributed by atoms with van der Waals surface area (Å²) >= 11 is 0. The molecular weight excluding hydrogens is 350 g/mol. The number of hydrogen-bond acceptors (Lipinski definition) is 7. The Hall–Kier alpha value is -3.26. The lowest BCUT2D eigenvalue weighted by molar-refractivity contribution is 0.281. The largest absolute Gasteiger partial charge is 0.504 e. The van der Waals surface area contributed by atoms with Crippen LogP contribution in [0, 0.1) is 0 Å². The molecule has 0 radical (unpaired) electrons. The summed E-state index contributed by atoms with van der Waals surface area (Å²) in [6.45, 7) is 0.436. The number of benzene rings is 2. The molecule has 0 aliphatic carbocycles. The molecule has 0 bridgehead atoms. The van der Waals surface area contributed by atoms with Crippen LogP contribution in [0.15, 0.2) is 35.1 Å². The van der Waals surface area contributed by atoms with Gasteiger partial charge in [-0.3, -0.25) is 4.79 Å². The summed E-state index contributed by atoms with van der Waals surface area (Å²) in [5, 5.41) is 19.7. The number of nitrogens with zero attached hydrogens (tertiary/aromatic N) is 2. The third kappa shape index (κ3) is 3.52. The topological polar surface area (TPSA) is 108 Å². The Kier molecular flexibility index (Phi) is 5.18. The second-order valence-corrected chi connectivity index (χ2v) is 6.08. The summed E-state index contributed by atoms with van der Waals surface area (Å²) in [5.74, 6) is 0.409. The highest BCUT2D eigenvalue weighted by atomic mass is 16.5. The molecule has 1 heterocycles. The number of phenols is 1. The van der Waals surface area contributed by atoms with Crippen molar-refractivity contribution in [2.45, 2.75) is 13.2 Å². The van der Waals surface area contributed by atoms with Crippen molar-refractivity contribution in [3.05, 3.63) is 51.8 Å². The van der Waals surface area contributed by atoms with Gasteiger partial charge in [0.2, 0.25) is 11.7 Å². The number of H-pyrrole nitrogens is 1. The van der Waals surface area contributed by atoms with E-state index in [2.05, 4.69) is 9.97 Å². The predicted molar refractivity (Wildman–Crippen MR) is 102 cm³/mol. The molecule has 142 valence electrons. The first-order chi connectivity index (χ1) is 13.0. The van der Waals surface area contributed by atoms with Crippen LogP contribution in [-0.2, 0) is 13.2 Å². The maximum Gasteiger partial charge on any atom is 0.286 e. The van der Waals surface area contributed by atoms with E-state index in [1.165, 1.54) is 14.2 Å². The van der Waals surface area contributed by atoms with Gasteiger partial charge in [0, 0.05) is 19.7 Å². The van der Waals surface area contributed by atoms with Gasteiger partial charge in [-0.2, -0.15) is 4.98 Å². The number of methoxy groups -OCH3 is 2. The molecule has 0 saturated heterocycles. The molecule has 2 aromatic carbocycles. The molecule has 0 saturated carbocycles. The number of phenolic OH excluding ortho intramolecular Hbond substituents is 1. The van der Waals surface area contributed by atoms with E-state index in [0.29, 0.717) is 23.8 Å². The van der Waals surface area contributed by atoms with E-state index in [-0.39, 0.29) is 23.5 Å². The number of aromatic amines is 1. The zero-order valence-corrected chi connectivity index (χ0v) is 15.3. The quantitative estimate of drug-likeness (QED) is 0.606. The zero-order valence-electron chi connectivity index (χ0n) is 15.3. The minimum Gasteiger partial charge on any atom is -0.504 e. The monoisotopic (exact) mass is 371 g/mol. The lowest BCUT2D eigenvalue weighted by Gasteiger charge is -2.19. The molecule has 0 unspecified atom stereocenters. The van der Waals surface area contributed by atoms with Crippen molar-refractivity contribution in [2.75, 3.05) is 26.2 Å². The van der Waals surface area contributed by atoms with Crippen molar-refractivity contribution in [1.82, 2.24) is 9.97 Å². The van der Waals surface area contributed by atoms with Gasteiger partial charge in [-0.1, -0.05) is 24.3 Å². The number of fused-ring (bicyclic) bond motifs is 1. The van der Waals surface area contributed by atoms with Crippen LogP contribution >= 0.6 is 0 Å². The Bertz CT molecular complexity index is 1030. The number of ether oxygens (including phenoxy) is 2. The summed E-state index contributed by atoms with van der Waals surface area (Å²) in [6.07, 6.45) is 0. The van der Waals surface area contributed by atoms with Gasteiger partial charge in [0.15, 0.2) is 11.5 Å². The normalized spacial score (nSPS) is 10.8. The third-order valence-corrected chi connectivity index (χ3v) is 4.27. The van der Waals surface area contributed by atoms with Crippen LogP contribution in [0.1, 0.15) is 11.1 Å². The summed E-state index contributed by atoms with van der Waals surface area (Å²) in [6, 6.07) is 9.09.